The van der Waals surface area contributed by atoms with Crippen molar-refractivity contribution in [2.75, 3.05) is 0 Å². The molecule has 0 radical (unpaired) electrons. The number of fused-ring (bicyclic) bond motifs is 1. The van der Waals surface area contributed by atoms with Crippen LogP contribution >= 0.6 is 0 Å². The number of nitrogens with two attached hydrogens (primary N) is 1. The predicted octanol–water partition coefficient (Wildman–Crippen LogP) is 3.75. The van der Waals surface area contributed by atoms with E-state index in [9.17, 15) is 23.5 Å². The molecule has 8 nitrogen and oxygen atoms in total. The summed E-state index contributed by atoms with van der Waals surface area (Å²) in [5.74, 6) is -2.05. The molecule has 0 spiro atoms. The second-order valence-corrected chi connectivity index (χ2v) is 7.98. The lowest BCUT2D eigenvalue weighted by atomic mass is 10.2. The van der Waals surface area contributed by atoms with Crippen LogP contribution in [0.3, 0.4) is 0 Å². The summed E-state index contributed by atoms with van der Waals surface area (Å²) in [5.41, 5.74) is 7.40. The van der Waals surface area contributed by atoms with E-state index in [0.717, 1.165) is 15.6 Å². The predicted molar refractivity (Wildman–Crippen MR) is 135 cm³/mol. The van der Waals surface area contributed by atoms with Crippen molar-refractivity contribution in [3.8, 4) is 17.0 Å². The van der Waals surface area contributed by atoms with Crippen LogP contribution in [0.25, 0.3) is 16.9 Å². The summed E-state index contributed by atoms with van der Waals surface area (Å²) >= 11 is 0. The van der Waals surface area contributed by atoms with Crippen molar-refractivity contribution in [3.63, 3.8) is 0 Å². The van der Waals surface area contributed by atoms with Gasteiger partial charge in [0.2, 0.25) is 5.75 Å². The molecule has 1 amide bonds. The Morgan fingerprint density at radius 1 is 0.946 bits per heavy atom. The van der Waals surface area contributed by atoms with Gasteiger partial charge < -0.3 is 16.2 Å². The first-order valence-electron chi connectivity index (χ1n) is 11.2. The van der Waals surface area contributed by atoms with Crippen molar-refractivity contribution in [2.45, 2.75) is 13.1 Å². The third-order valence-corrected chi connectivity index (χ3v) is 5.41. The number of carbonyl (C=O) groups is 1. The highest BCUT2D eigenvalue weighted by Crippen LogP contribution is 2.19. The molecule has 0 saturated heterocycles. The highest BCUT2D eigenvalue weighted by atomic mass is 19.1. The molecule has 10 heteroatoms. The summed E-state index contributed by atoms with van der Waals surface area (Å²) in [6.45, 7) is 0.572. The molecular formula is C27H23F2N5O3. The van der Waals surface area contributed by atoms with Crippen LogP contribution in [0.5, 0.6) is 5.75 Å². The number of nitrogens with one attached hydrogen (secondary N) is 2. The lowest BCUT2D eigenvalue weighted by molar-refractivity contribution is 0.0942. The topological polar surface area (TPSA) is 126 Å². The van der Waals surface area contributed by atoms with Crippen LogP contribution in [0, 0.1) is 11.6 Å². The molecule has 3 aromatic carbocycles. The number of rotatable bonds is 5. The SMILES string of the molecule is NCc1ccc(F)cc1.O=C(NCc1ccc(F)cc1)c1nc2cc(-c3ccccc3)[nH]n2c(=O)c1O. The summed E-state index contributed by atoms with van der Waals surface area (Å²) in [5, 5.41) is 15.6. The smallest absolute Gasteiger partial charge is 0.315 e. The fraction of sp³-hybridized carbons (Fsp3) is 0.0741. The number of aromatic hydroxyl groups is 1. The molecule has 0 unspecified atom stereocenters. The average molecular weight is 504 g/mol. The number of halogens is 2. The van der Waals surface area contributed by atoms with Gasteiger partial charge >= 0.3 is 5.56 Å². The number of hydrogen-bond acceptors (Lipinski definition) is 5. The van der Waals surface area contributed by atoms with E-state index >= 15 is 0 Å². The van der Waals surface area contributed by atoms with E-state index in [1.807, 2.05) is 30.3 Å². The molecule has 5 N–H and O–H groups in total. The Morgan fingerprint density at radius 3 is 2.14 bits per heavy atom. The van der Waals surface area contributed by atoms with Crippen molar-refractivity contribution in [3.05, 3.63) is 124 Å². The summed E-state index contributed by atoms with van der Waals surface area (Å²) in [7, 11) is 0. The molecule has 0 fully saturated rings. The van der Waals surface area contributed by atoms with E-state index in [-0.39, 0.29) is 29.5 Å². The lowest BCUT2D eigenvalue weighted by Gasteiger charge is -2.06. The summed E-state index contributed by atoms with van der Waals surface area (Å²) in [6.07, 6.45) is 0. The van der Waals surface area contributed by atoms with Crippen molar-refractivity contribution in [2.24, 2.45) is 5.73 Å². The molecule has 37 heavy (non-hydrogen) atoms. The van der Waals surface area contributed by atoms with Gasteiger partial charge in [-0.1, -0.05) is 54.6 Å². The van der Waals surface area contributed by atoms with Crippen LogP contribution in [0.4, 0.5) is 8.78 Å². The molecule has 5 aromatic rings. The van der Waals surface area contributed by atoms with Gasteiger partial charge in [-0.2, -0.15) is 4.52 Å². The number of carbonyl (C=O) groups excluding carboxylic acids is 1. The van der Waals surface area contributed by atoms with Crippen molar-refractivity contribution < 1.29 is 18.7 Å². The lowest BCUT2D eigenvalue weighted by Crippen LogP contribution is -2.27. The number of aromatic nitrogens is 3. The van der Waals surface area contributed by atoms with Crippen LogP contribution in [0.15, 0.2) is 89.7 Å². The zero-order valence-corrected chi connectivity index (χ0v) is 19.5. The molecule has 0 aliphatic heterocycles. The Bertz CT molecular complexity index is 1560. The van der Waals surface area contributed by atoms with Crippen LogP contribution in [0.2, 0.25) is 0 Å². The molecule has 2 heterocycles. The fourth-order valence-electron chi connectivity index (χ4n) is 3.43. The van der Waals surface area contributed by atoms with Gasteiger partial charge in [-0.25, -0.2) is 13.8 Å². The fourth-order valence-corrected chi connectivity index (χ4v) is 3.43. The Balaban J connectivity index is 0.000000301. The molecule has 0 aliphatic rings. The molecule has 0 atom stereocenters. The van der Waals surface area contributed by atoms with Crippen LogP contribution < -0.4 is 16.6 Å². The van der Waals surface area contributed by atoms with Gasteiger partial charge in [-0.05, 0) is 41.0 Å². The largest absolute Gasteiger partial charge is 0.501 e. The molecule has 0 saturated carbocycles. The van der Waals surface area contributed by atoms with Gasteiger partial charge in [0.15, 0.2) is 11.3 Å². The van der Waals surface area contributed by atoms with E-state index < -0.39 is 17.2 Å². The third-order valence-electron chi connectivity index (χ3n) is 5.41. The Morgan fingerprint density at radius 2 is 1.54 bits per heavy atom. The van der Waals surface area contributed by atoms with Crippen molar-refractivity contribution in [1.29, 1.82) is 0 Å². The van der Waals surface area contributed by atoms with Crippen LogP contribution in [0.1, 0.15) is 21.6 Å². The van der Waals surface area contributed by atoms with E-state index in [2.05, 4.69) is 15.4 Å². The summed E-state index contributed by atoms with van der Waals surface area (Å²) in [6, 6.07) is 22.7. The Labute approximate surface area is 210 Å². The number of aromatic amines is 1. The molecular weight excluding hydrogens is 480 g/mol. The quantitative estimate of drug-likeness (QED) is 0.291. The van der Waals surface area contributed by atoms with Gasteiger partial charge in [0, 0.05) is 19.2 Å². The van der Waals surface area contributed by atoms with Gasteiger partial charge in [-0.3, -0.25) is 14.7 Å². The first-order valence-corrected chi connectivity index (χ1v) is 11.2. The van der Waals surface area contributed by atoms with Crippen molar-refractivity contribution >= 4 is 11.6 Å². The summed E-state index contributed by atoms with van der Waals surface area (Å²) < 4.78 is 26.2. The van der Waals surface area contributed by atoms with Gasteiger partial charge in [-0.15, -0.1) is 0 Å². The zero-order chi connectivity index (χ0) is 26.4. The molecule has 0 aliphatic carbocycles. The van der Waals surface area contributed by atoms with Gasteiger partial charge in [0.05, 0.1) is 5.69 Å². The number of H-pyrrole nitrogens is 1. The number of amides is 1. The van der Waals surface area contributed by atoms with Gasteiger partial charge in [0.1, 0.15) is 11.6 Å². The minimum absolute atomic E-state index is 0.0992. The third kappa shape index (κ3) is 6.06. The Hall–Kier alpha value is -4.83. The normalized spacial score (nSPS) is 10.6. The number of benzene rings is 3. The first kappa shape index (κ1) is 25.3. The maximum absolute atomic E-state index is 13.0. The monoisotopic (exact) mass is 503 g/mol. The van der Waals surface area contributed by atoms with E-state index in [1.165, 1.54) is 36.4 Å². The highest BCUT2D eigenvalue weighted by molar-refractivity contribution is 5.95. The van der Waals surface area contributed by atoms with Gasteiger partial charge in [0.25, 0.3) is 5.91 Å². The maximum atomic E-state index is 13.0. The maximum Gasteiger partial charge on any atom is 0.315 e. The minimum Gasteiger partial charge on any atom is -0.501 e. The number of nitrogens with zero attached hydrogens (tertiary/aromatic N) is 2. The highest BCUT2D eigenvalue weighted by Gasteiger charge is 2.20. The minimum atomic E-state index is -0.779. The van der Waals surface area contributed by atoms with Crippen LogP contribution in [-0.2, 0) is 13.1 Å². The molecule has 2 aromatic heterocycles. The van der Waals surface area contributed by atoms with Crippen molar-refractivity contribution in [1.82, 2.24) is 19.9 Å². The second kappa shape index (κ2) is 11.3. The van der Waals surface area contributed by atoms with Crippen LogP contribution in [-0.4, -0.2) is 25.6 Å². The molecule has 5 rings (SSSR count). The average Bonchev–Trinajstić information content (AvgIpc) is 3.36. The Kier molecular flexibility index (Phi) is 7.70. The molecule has 188 valence electrons. The first-order chi connectivity index (χ1) is 17.9. The van der Waals surface area contributed by atoms with E-state index in [0.29, 0.717) is 17.8 Å². The molecule has 0 bridgehead atoms. The number of hydrogen-bond donors (Lipinski definition) is 4. The summed E-state index contributed by atoms with van der Waals surface area (Å²) in [4.78, 5) is 29.0. The second-order valence-electron chi connectivity index (χ2n) is 7.98. The zero-order valence-electron chi connectivity index (χ0n) is 19.5. The van der Waals surface area contributed by atoms with E-state index in [1.54, 1.807) is 18.2 Å². The van der Waals surface area contributed by atoms with E-state index in [4.69, 9.17) is 5.73 Å². The standard InChI is InChI=1S/C20H15FN4O3.C7H8FN/c21-14-8-6-12(7-9-14)11-22-19(27)17-18(26)20(28)25-16(23-17)10-15(24-25)13-4-2-1-3-5-13;8-7-3-1-6(5-9)2-4-7/h1-10,24,26H,11H2,(H,22,27);1-4H,5,9H2.